The van der Waals surface area contributed by atoms with Gasteiger partial charge in [0.15, 0.2) is 0 Å². The van der Waals surface area contributed by atoms with Gasteiger partial charge in [0.25, 0.3) is 0 Å². The summed E-state index contributed by atoms with van der Waals surface area (Å²) in [5, 5.41) is 0. The molecule has 1 saturated heterocycles. The van der Waals surface area contributed by atoms with Crippen LogP contribution in [0.5, 0.6) is 0 Å². The molecule has 1 heterocycles. The van der Waals surface area contributed by atoms with Gasteiger partial charge in [0.2, 0.25) is 0 Å². The third-order valence-corrected chi connectivity index (χ3v) is 2.18. The number of hydrogen-bond acceptors (Lipinski definition) is 5. The number of methoxy groups -OCH3 is 1. The minimum atomic E-state index is -0.346. The number of cyclic esters (lactones) is 1. The third-order valence-electron chi connectivity index (χ3n) is 2.18. The zero-order chi connectivity index (χ0) is 11.3. The van der Waals surface area contributed by atoms with Crippen molar-refractivity contribution in [3.63, 3.8) is 0 Å². The third kappa shape index (κ3) is 4.29. The first-order valence-electron chi connectivity index (χ1n) is 4.97. The highest BCUT2D eigenvalue weighted by Crippen LogP contribution is 2.19. The number of carbonyl (C=O) groups excluding carboxylic acids is 2. The molecule has 2 atom stereocenters. The van der Waals surface area contributed by atoms with Crippen LogP contribution in [-0.2, 0) is 23.8 Å². The second-order valence-electron chi connectivity index (χ2n) is 3.57. The van der Waals surface area contributed by atoms with Crippen molar-refractivity contribution in [3.05, 3.63) is 0 Å². The van der Waals surface area contributed by atoms with Crippen LogP contribution in [0, 0.1) is 0 Å². The van der Waals surface area contributed by atoms with Crippen LogP contribution in [0.2, 0.25) is 0 Å². The topological polar surface area (TPSA) is 61.8 Å². The van der Waals surface area contributed by atoms with E-state index in [2.05, 4.69) is 0 Å². The number of rotatable bonds is 5. The van der Waals surface area contributed by atoms with Crippen molar-refractivity contribution in [2.45, 2.75) is 38.4 Å². The highest BCUT2D eigenvalue weighted by Gasteiger charge is 2.27. The maximum Gasteiger partial charge on any atom is 0.306 e. The highest BCUT2D eigenvalue weighted by atomic mass is 16.6. The van der Waals surface area contributed by atoms with E-state index in [1.54, 1.807) is 0 Å². The van der Waals surface area contributed by atoms with E-state index >= 15 is 0 Å². The molecule has 0 aromatic rings. The fourth-order valence-corrected chi connectivity index (χ4v) is 1.61. The van der Waals surface area contributed by atoms with Crippen molar-refractivity contribution in [1.29, 1.82) is 0 Å². The first-order chi connectivity index (χ1) is 7.11. The van der Waals surface area contributed by atoms with Crippen LogP contribution >= 0.6 is 0 Å². The van der Waals surface area contributed by atoms with E-state index in [1.807, 2.05) is 0 Å². The zero-order valence-corrected chi connectivity index (χ0v) is 9.02. The van der Waals surface area contributed by atoms with Crippen LogP contribution in [0.15, 0.2) is 0 Å². The second-order valence-corrected chi connectivity index (χ2v) is 3.57. The number of carbonyl (C=O) groups is 2. The molecule has 0 aromatic heterocycles. The molecule has 5 nitrogen and oxygen atoms in total. The molecular formula is C10H16O5. The van der Waals surface area contributed by atoms with Gasteiger partial charge < -0.3 is 14.2 Å². The Labute approximate surface area is 88.7 Å². The van der Waals surface area contributed by atoms with Gasteiger partial charge in [0.05, 0.1) is 6.61 Å². The highest BCUT2D eigenvalue weighted by molar-refractivity contribution is 5.71. The summed E-state index contributed by atoms with van der Waals surface area (Å²) in [5.41, 5.74) is 0. The predicted molar refractivity (Wildman–Crippen MR) is 51.2 cm³/mol. The lowest BCUT2D eigenvalue weighted by atomic mass is 10.1. The Morgan fingerprint density at radius 1 is 1.67 bits per heavy atom. The van der Waals surface area contributed by atoms with E-state index in [0.29, 0.717) is 25.9 Å². The molecule has 0 spiro atoms. The van der Waals surface area contributed by atoms with E-state index in [0.717, 1.165) is 0 Å². The van der Waals surface area contributed by atoms with Gasteiger partial charge in [-0.3, -0.25) is 9.59 Å². The maximum atomic E-state index is 10.9. The Kier molecular flexibility index (Phi) is 4.55. The molecular weight excluding hydrogens is 200 g/mol. The van der Waals surface area contributed by atoms with Gasteiger partial charge in [-0.2, -0.15) is 0 Å². The summed E-state index contributed by atoms with van der Waals surface area (Å²) in [6, 6.07) is 0. The fraction of sp³-hybridized carbons (Fsp3) is 0.800. The van der Waals surface area contributed by atoms with Crippen molar-refractivity contribution in [2.24, 2.45) is 0 Å². The molecule has 15 heavy (non-hydrogen) atoms. The summed E-state index contributed by atoms with van der Waals surface area (Å²) >= 11 is 0. The van der Waals surface area contributed by atoms with E-state index in [-0.39, 0.29) is 24.1 Å². The molecule has 0 N–H and O–H groups in total. The van der Waals surface area contributed by atoms with Crippen molar-refractivity contribution < 1.29 is 23.8 Å². The first-order valence-corrected chi connectivity index (χ1v) is 4.97. The summed E-state index contributed by atoms with van der Waals surface area (Å²) in [7, 11) is 1.54. The summed E-state index contributed by atoms with van der Waals surface area (Å²) < 4.78 is 15.0. The van der Waals surface area contributed by atoms with Gasteiger partial charge in [-0.25, -0.2) is 0 Å². The summed E-state index contributed by atoms with van der Waals surface area (Å²) in [4.78, 5) is 21.6. The van der Waals surface area contributed by atoms with Crippen LogP contribution in [0.1, 0.15) is 26.2 Å². The molecule has 1 fully saturated rings. The van der Waals surface area contributed by atoms with Crippen LogP contribution in [0.4, 0.5) is 0 Å². The Balaban J connectivity index is 2.36. The summed E-state index contributed by atoms with van der Waals surface area (Å²) in [6.07, 6.45) is 1.18. The normalized spacial score (nSPS) is 22.3. The molecule has 0 aromatic carbocycles. The van der Waals surface area contributed by atoms with Crippen LogP contribution in [0.25, 0.3) is 0 Å². The molecule has 0 aliphatic carbocycles. The van der Waals surface area contributed by atoms with Crippen LogP contribution in [-0.4, -0.2) is 37.9 Å². The number of esters is 2. The Morgan fingerprint density at radius 3 is 2.87 bits per heavy atom. The fourth-order valence-electron chi connectivity index (χ4n) is 1.61. The smallest absolute Gasteiger partial charge is 0.306 e. The van der Waals surface area contributed by atoms with E-state index in [1.165, 1.54) is 14.0 Å². The quantitative estimate of drug-likeness (QED) is 0.632. The van der Waals surface area contributed by atoms with Gasteiger partial charge in [0.1, 0.15) is 12.2 Å². The Bertz CT molecular complexity index is 238. The molecule has 0 amide bonds. The zero-order valence-electron chi connectivity index (χ0n) is 9.02. The molecule has 1 rings (SSSR count). The SMILES string of the molecule is COCC(CC1CCC(=O)O1)OC(C)=O. The van der Waals surface area contributed by atoms with Gasteiger partial charge in [0, 0.05) is 26.9 Å². The van der Waals surface area contributed by atoms with Crippen molar-refractivity contribution in [2.75, 3.05) is 13.7 Å². The molecule has 5 heteroatoms. The molecule has 1 aliphatic rings. The van der Waals surface area contributed by atoms with E-state index < -0.39 is 0 Å². The minimum absolute atomic E-state index is 0.142. The van der Waals surface area contributed by atoms with E-state index in [9.17, 15) is 9.59 Å². The number of ether oxygens (including phenoxy) is 3. The average molecular weight is 216 g/mol. The molecule has 0 bridgehead atoms. The molecule has 2 unspecified atom stereocenters. The number of hydrogen-bond donors (Lipinski definition) is 0. The lowest BCUT2D eigenvalue weighted by molar-refractivity contribution is -0.152. The molecule has 0 saturated carbocycles. The van der Waals surface area contributed by atoms with Crippen molar-refractivity contribution in [3.8, 4) is 0 Å². The largest absolute Gasteiger partial charge is 0.462 e. The van der Waals surface area contributed by atoms with Crippen LogP contribution in [0.3, 0.4) is 0 Å². The van der Waals surface area contributed by atoms with Crippen molar-refractivity contribution in [1.82, 2.24) is 0 Å². The Hall–Kier alpha value is -1.10. The lowest BCUT2D eigenvalue weighted by Crippen LogP contribution is -2.27. The predicted octanol–water partition coefficient (Wildman–Crippen LogP) is 0.660. The van der Waals surface area contributed by atoms with Gasteiger partial charge in [-0.05, 0) is 6.42 Å². The van der Waals surface area contributed by atoms with Crippen molar-refractivity contribution >= 4 is 11.9 Å². The van der Waals surface area contributed by atoms with Crippen LogP contribution < -0.4 is 0 Å². The molecule has 1 aliphatic heterocycles. The maximum absolute atomic E-state index is 10.9. The lowest BCUT2D eigenvalue weighted by Gasteiger charge is -2.18. The first kappa shape index (κ1) is 12.0. The second kappa shape index (κ2) is 5.70. The van der Waals surface area contributed by atoms with Gasteiger partial charge in [-0.1, -0.05) is 0 Å². The minimum Gasteiger partial charge on any atom is -0.462 e. The van der Waals surface area contributed by atoms with Gasteiger partial charge in [-0.15, -0.1) is 0 Å². The summed E-state index contributed by atoms with van der Waals surface area (Å²) in [5.74, 6) is -0.527. The Morgan fingerprint density at radius 2 is 2.40 bits per heavy atom. The standard InChI is InChI=1S/C10H16O5/c1-7(11)14-9(6-13-2)5-8-3-4-10(12)15-8/h8-9H,3-6H2,1-2H3. The van der Waals surface area contributed by atoms with Gasteiger partial charge >= 0.3 is 11.9 Å². The monoisotopic (exact) mass is 216 g/mol. The average Bonchev–Trinajstić information content (AvgIpc) is 2.50. The molecule has 86 valence electrons. The van der Waals surface area contributed by atoms with E-state index in [4.69, 9.17) is 14.2 Å². The molecule has 0 radical (unpaired) electrons. The summed E-state index contributed by atoms with van der Waals surface area (Å²) in [6.45, 7) is 1.68.